The average Bonchev–Trinajstić information content (AvgIpc) is 3.74. The summed E-state index contributed by atoms with van der Waals surface area (Å²) < 4.78 is 88.5. The molecule has 0 aromatic carbocycles. The highest BCUT2D eigenvalue weighted by atomic mass is 31.3. The summed E-state index contributed by atoms with van der Waals surface area (Å²) >= 11 is 0. The van der Waals surface area contributed by atoms with Crippen LogP contribution in [0, 0.1) is 0 Å². The van der Waals surface area contributed by atoms with Gasteiger partial charge in [0.25, 0.3) is 38.0 Å². The fraction of sp³-hybridized carbons (Fsp3) is 0.545. The van der Waals surface area contributed by atoms with Crippen molar-refractivity contribution in [1.29, 1.82) is 0 Å². The zero-order chi connectivity index (χ0) is 42.2. The van der Waals surface area contributed by atoms with Gasteiger partial charge in [0.05, 0.1) is 27.3 Å². The van der Waals surface area contributed by atoms with E-state index in [9.17, 15) is 58.1 Å². The van der Waals surface area contributed by atoms with Crippen molar-refractivity contribution in [3.8, 4) is 0 Å². The van der Waals surface area contributed by atoms with E-state index in [1.54, 1.807) is 0 Å². The number of hydrogen-bond acceptors (Lipinski definition) is 21. The van der Waals surface area contributed by atoms with Crippen LogP contribution < -0.4 is 31.7 Å². The summed E-state index contributed by atoms with van der Waals surface area (Å²) in [6, 6.07) is 0. The van der Waals surface area contributed by atoms with Gasteiger partial charge in [-0.1, -0.05) is 9.97 Å². The van der Waals surface area contributed by atoms with Gasteiger partial charge in [0.2, 0.25) is 38.6 Å². The number of rotatable bonds is 14. The normalized spacial score (nSPS) is 29.6. The maximum atomic E-state index is 12.7. The first kappa shape index (κ1) is 43.4. The van der Waals surface area contributed by atoms with Crippen LogP contribution in [0.15, 0.2) is 22.2 Å². The standard InChI is InChI=1S/C22H30B2N10O19P4/c1-31-5-33(15-9(31)17(39)29-21(25)27-15)19-13(37)11(35)7(49-19)3-47-54(23,41)51-56(43,44)53-57(45,46)52-55(24,42)48-4-8-12(36)14(38)20(50-8)34-6-32(2)10-16(34)28-22(26)30-18(10)40/h5-8,11-14,19-20,35-38H,3-4H2,1-2H3,(H6-2,25,26,27,28,29,30,39,40,43,44,45,46)/p+2/t7-,8-,11-,12-,13-,14-,19-,20-,54-,55-/m1/s1. The van der Waals surface area contributed by atoms with Crippen molar-refractivity contribution in [3.05, 3.63) is 33.4 Å². The van der Waals surface area contributed by atoms with Crippen LogP contribution in [0.25, 0.3) is 22.3 Å². The van der Waals surface area contributed by atoms with E-state index in [-0.39, 0.29) is 34.2 Å². The van der Waals surface area contributed by atoms with Crippen LogP contribution in [0.5, 0.6) is 0 Å². The maximum absolute atomic E-state index is 12.7. The number of aliphatic hydroxyl groups excluding tert-OH is 4. The minimum atomic E-state index is -6.07. The zero-order valence-electron chi connectivity index (χ0n) is 29.0. The molecule has 0 saturated carbocycles. The van der Waals surface area contributed by atoms with Crippen LogP contribution in [0.3, 0.4) is 0 Å². The molecule has 12 N–H and O–H groups in total. The van der Waals surface area contributed by atoms with Gasteiger partial charge in [-0.05, 0) is 0 Å². The SMILES string of the molecule is [B][P@@](=O)(OC[C@H]1O[C@@H]([n+]2cn(C)c3c(=O)[nH]c(N)nc32)[C@H](O)[C@@H]1O)OP(=O)(O)OP(=O)(O)O[P@]([B])(=O)OC[C@H]1O[C@@H]([n+]2cn(C)c3c(=O)[nH]c(N)nc32)[C@H](O)[C@@H]1O. The highest BCUT2D eigenvalue weighted by molar-refractivity contribution is 7.85. The third-order valence-electron chi connectivity index (χ3n) is 8.28. The molecule has 35 heteroatoms. The predicted octanol–water partition coefficient (Wildman–Crippen LogP) is -4.65. The van der Waals surface area contributed by atoms with Crippen molar-refractivity contribution < 1.29 is 89.1 Å². The maximum Gasteiger partial charge on any atom is 0.487 e. The van der Waals surface area contributed by atoms with E-state index in [2.05, 4.69) is 32.9 Å². The Labute approximate surface area is 319 Å². The molecule has 2 fully saturated rings. The Bertz CT molecular complexity index is 2370. The van der Waals surface area contributed by atoms with E-state index in [0.29, 0.717) is 0 Å². The van der Waals surface area contributed by atoms with Crippen molar-refractivity contribution in [2.24, 2.45) is 14.1 Å². The van der Waals surface area contributed by atoms with Gasteiger partial charge >= 0.3 is 26.9 Å². The molecule has 0 aliphatic carbocycles. The van der Waals surface area contributed by atoms with Crippen LogP contribution in [-0.2, 0) is 63.8 Å². The van der Waals surface area contributed by atoms with Crippen LogP contribution >= 0.6 is 30.6 Å². The highest BCUT2D eigenvalue weighted by Crippen LogP contribution is 2.71. The Morgan fingerprint density at radius 2 is 1.07 bits per heavy atom. The summed E-state index contributed by atoms with van der Waals surface area (Å²) in [7, 11) is -9.15. The van der Waals surface area contributed by atoms with Gasteiger partial charge in [0.15, 0.2) is 12.7 Å². The number of ether oxygens (including phenoxy) is 2. The quantitative estimate of drug-likeness (QED) is 0.0323. The molecule has 0 spiro atoms. The fourth-order valence-electron chi connectivity index (χ4n) is 5.95. The summed E-state index contributed by atoms with van der Waals surface area (Å²) in [4.78, 5) is 57.3. The minimum Gasteiger partial charge on any atom is -0.387 e. The lowest BCUT2D eigenvalue weighted by Crippen LogP contribution is -2.46. The molecule has 4 aromatic heterocycles. The fourth-order valence-corrected chi connectivity index (χ4v) is 11.2. The Kier molecular flexibility index (Phi) is 11.8. The van der Waals surface area contributed by atoms with Crippen molar-refractivity contribution in [1.82, 2.24) is 29.1 Å². The van der Waals surface area contributed by atoms with Gasteiger partial charge in [-0.15, -0.1) is 0 Å². The number of nitrogens with two attached hydrogens (primary N) is 2. The van der Waals surface area contributed by atoms with E-state index >= 15 is 0 Å². The van der Waals surface area contributed by atoms with Gasteiger partial charge < -0.3 is 60.2 Å². The van der Waals surface area contributed by atoms with Crippen LogP contribution in [0.1, 0.15) is 12.5 Å². The summed E-state index contributed by atoms with van der Waals surface area (Å²) in [6.07, 6.45) is -10.6. The molecule has 57 heavy (non-hydrogen) atoms. The zero-order valence-corrected chi connectivity index (χ0v) is 32.5. The molecule has 29 nitrogen and oxygen atoms in total. The number of aryl methyl sites for hydroxylation is 2. The molecule has 2 saturated heterocycles. The number of nitrogens with zero attached hydrogens (tertiary/aromatic N) is 6. The number of fused-ring (bicyclic) bond motifs is 2. The first-order chi connectivity index (χ1) is 26.3. The van der Waals surface area contributed by atoms with Gasteiger partial charge in [-0.2, -0.15) is 4.31 Å². The molecular weight excluding hydrogens is 854 g/mol. The van der Waals surface area contributed by atoms with E-state index < -0.39 is 104 Å². The molecule has 4 aromatic rings. The molecule has 2 aliphatic rings. The number of nitrogen functional groups attached to an aromatic ring is 2. The Morgan fingerprint density at radius 3 is 1.42 bits per heavy atom. The van der Waals surface area contributed by atoms with E-state index in [1.807, 2.05) is 0 Å². The lowest BCUT2D eigenvalue weighted by molar-refractivity contribution is -0.746. The van der Waals surface area contributed by atoms with Crippen molar-refractivity contribution in [2.75, 3.05) is 24.7 Å². The number of aromatic nitrogens is 8. The molecule has 308 valence electrons. The molecule has 0 bridgehead atoms. The molecule has 0 amide bonds. The summed E-state index contributed by atoms with van der Waals surface area (Å²) in [5, 5.41) is 42.4. The summed E-state index contributed by atoms with van der Waals surface area (Å²) in [5.74, 6) is -0.569. The minimum absolute atomic E-state index is 0.00657. The average molecular weight is 886 g/mol. The van der Waals surface area contributed by atoms with Crippen molar-refractivity contribution in [3.63, 3.8) is 0 Å². The van der Waals surface area contributed by atoms with E-state index in [0.717, 1.165) is 9.13 Å². The smallest absolute Gasteiger partial charge is 0.387 e. The lowest BCUT2D eigenvalue weighted by Gasteiger charge is -2.23. The lowest BCUT2D eigenvalue weighted by atomic mass is 10.1. The third kappa shape index (κ3) is 9.05. The number of anilines is 2. The van der Waals surface area contributed by atoms with E-state index in [4.69, 9.17) is 45.1 Å². The number of phosphoric acid groups is 2. The second kappa shape index (κ2) is 15.5. The van der Waals surface area contributed by atoms with Crippen LogP contribution in [-0.4, -0.2) is 124 Å². The highest BCUT2D eigenvalue weighted by Gasteiger charge is 2.50. The van der Waals surface area contributed by atoms with Crippen molar-refractivity contribution in [2.45, 2.75) is 49.1 Å². The monoisotopic (exact) mass is 886 g/mol. The number of nitrogens with one attached hydrogen (secondary N) is 2. The number of hydrogen-bond donors (Lipinski definition) is 10. The second-order valence-corrected chi connectivity index (χ2v) is 19.0. The van der Waals surface area contributed by atoms with Gasteiger partial charge in [-0.25, -0.2) is 26.9 Å². The Morgan fingerprint density at radius 1 is 0.719 bits per heavy atom. The van der Waals surface area contributed by atoms with Crippen LogP contribution in [0.2, 0.25) is 0 Å². The molecule has 6 rings (SSSR count). The molecule has 12 atom stereocenters. The molecule has 2 unspecified atom stereocenters. The third-order valence-corrected chi connectivity index (χ3v) is 14.4. The van der Waals surface area contributed by atoms with E-state index in [1.165, 1.54) is 35.9 Å². The topological polar surface area (TPSA) is 415 Å². The number of imidazole rings is 2. The van der Waals surface area contributed by atoms with Gasteiger partial charge in [-0.3, -0.25) is 37.8 Å². The number of aliphatic hydroxyl groups is 4. The van der Waals surface area contributed by atoms with Gasteiger partial charge in [0.1, 0.15) is 36.6 Å². The summed E-state index contributed by atoms with van der Waals surface area (Å²) in [5.41, 5.74) is 9.83. The Balaban J connectivity index is 1.04. The molecule has 2 aliphatic heterocycles. The number of aromatic amines is 2. The van der Waals surface area contributed by atoms with Gasteiger partial charge in [0, 0.05) is 0 Å². The predicted molar refractivity (Wildman–Crippen MR) is 185 cm³/mol. The molecular formula is C22H32B2N10O19P4+2. The first-order valence-corrected chi connectivity index (χ1v) is 21.9. The first-order valence-electron chi connectivity index (χ1n) is 15.7. The summed E-state index contributed by atoms with van der Waals surface area (Å²) in [6.45, 7) is -2.04. The second-order valence-electron chi connectivity index (χ2n) is 12.5. The van der Waals surface area contributed by atoms with Crippen LogP contribution in [0.4, 0.5) is 11.9 Å². The molecule has 6 heterocycles. The largest absolute Gasteiger partial charge is 0.487 e. The molecule has 4 radical (unpaired) electrons. The number of H-pyrrole nitrogens is 2. The Hall–Kier alpha value is -3.17. The van der Waals surface area contributed by atoms with Crippen molar-refractivity contribution >= 4 is 79.9 Å².